The number of carbonyl (C=O) groups is 3. The maximum absolute atomic E-state index is 13.4. The summed E-state index contributed by atoms with van der Waals surface area (Å²) in [5.41, 5.74) is 0.706. The molecule has 0 bridgehead atoms. The minimum atomic E-state index is -5.58. The Hall–Kier alpha value is -2.61. The van der Waals surface area contributed by atoms with Crippen LogP contribution in [0.4, 0.5) is 42.9 Å². The first-order chi connectivity index (χ1) is 20.9. The van der Waals surface area contributed by atoms with E-state index in [4.69, 9.17) is 0 Å². The van der Waals surface area contributed by atoms with Crippen molar-refractivity contribution in [3.05, 3.63) is 23.8 Å². The molecule has 1 fully saturated rings. The molecule has 1 aliphatic rings. The zero-order valence-electron chi connectivity index (χ0n) is 26.8. The molecule has 0 aromatic heterocycles. The van der Waals surface area contributed by atoms with Crippen LogP contribution in [0.15, 0.2) is 18.2 Å². The predicted octanol–water partition coefficient (Wildman–Crippen LogP) is 7.92. The molecule has 2 unspecified atom stereocenters. The summed E-state index contributed by atoms with van der Waals surface area (Å²) in [6, 6.07) is 4.32. The van der Waals surface area contributed by atoms with E-state index in [1.165, 1.54) is 4.90 Å². The number of hydrogen-bond acceptors (Lipinski definition) is 4. The minimum absolute atomic E-state index is 0.0197. The molecular formula is C31H47F5N4O4S. The molecule has 0 aliphatic carbocycles. The van der Waals surface area contributed by atoms with Crippen LogP contribution in [0.2, 0.25) is 0 Å². The van der Waals surface area contributed by atoms with Crippen molar-refractivity contribution < 1.29 is 40.9 Å². The molecule has 0 radical (unpaired) electrons. The Kier molecular flexibility index (Phi) is 14.4. The average Bonchev–Trinajstić information content (AvgIpc) is 3.10. The molecule has 1 saturated heterocycles. The molecule has 5 amide bonds. The van der Waals surface area contributed by atoms with Gasteiger partial charge in [-0.05, 0) is 83.6 Å². The van der Waals surface area contributed by atoms with Gasteiger partial charge in [-0.2, -0.15) is 22.0 Å². The average molecular weight is 667 g/mol. The number of nitrogens with one attached hydrogen (secondary N) is 2. The van der Waals surface area contributed by atoms with Crippen molar-refractivity contribution in [2.24, 2.45) is 0 Å². The van der Waals surface area contributed by atoms with Gasteiger partial charge in [0.15, 0.2) is 0 Å². The Balaban J connectivity index is 1.72. The van der Waals surface area contributed by atoms with E-state index in [0.717, 1.165) is 38.5 Å². The van der Waals surface area contributed by atoms with E-state index >= 15 is 0 Å². The second-order valence-electron chi connectivity index (χ2n) is 12.2. The molecule has 1 aliphatic heterocycles. The summed E-state index contributed by atoms with van der Waals surface area (Å²) < 4.78 is 74.4. The highest BCUT2D eigenvalue weighted by Gasteiger charge is 2.56. The van der Waals surface area contributed by atoms with Crippen LogP contribution in [0.5, 0.6) is 0 Å². The van der Waals surface area contributed by atoms with E-state index in [2.05, 4.69) is 10.6 Å². The van der Waals surface area contributed by atoms with E-state index in [9.17, 15) is 40.9 Å². The Morgan fingerprint density at radius 1 is 0.978 bits per heavy atom. The molecular weight excluding hydrogens is 619 g/mol. The van der Waals surface area contributed by atoms with Gasteiger partial charge in [-0.15, -0.1) is 0 Å². The fourth-order valence-corrected chi connectivity index (χ4v) is 6.16. The molecule has 0 spiro atoms. The lowest BCUT2D eigenvalue weighted by Crippen LogP contribution is -2.44. The highest BCUT2D eigenvalue weighted by atomic mass is 32.2. The molecule has 1 heterocycles. The van der Waals surface area contributed by atoms with Gasteiger partial charge in [-0.1, -0.05) is 43.8 Å². The quantitative estimate of drug-likeness (QED) is 0.0719. The van der Waals surface area contributed by atoms with E-state index < -0.39 is 47.7 Å². The fraction of sp³-hybridized carbons (Fsp3) is 0.710. The molecule has 2 rings (SSSR count). The third-order valence-corrected chi connectivity index (χ3v) is 9.55. The lowest BCUT2D eigenvalue weighted by Gasteiger charge is -2.27. The first kappa shape index (κ1) is 38.6. The topological polar surface area (TPSA) is 105 Å². The molecule has 2 atom stereocenters. The van der Waals surface area contributed by atoms with Crippen molar-refractivity contribution in [2.45, 2.75) is 123 Å². The molecule has 1 aromatic carbocycles. The number of benzene rings is 1. The lowest BCUT2D eigenvalue weighted by atomic mass is 10.0. The number of alkyl halides is 5. The van der Waals surface area contributed by atoms with Crippen molar-refractivity contribution >= 4 is 40.5 Å². The van der Waals surface area contributed by atoms with Crippen LogP contribution in [0, 0.1) is 6.92 Å². The summed E-state index contributed by atoms with van der Waals surface area (Å²) in [5.74, 6) is -4.97. The number of anilines is 2. The molecule has 8 nitrogen and oxygen atoms in total. The number of amides is 5. The smallest absolute Gasteiger partial charge is 0.453 e. The van der Waals surface area contributed by atoms with Crippen LogP contribution in [-0.4, -0.2) is 69.2 Å². The van der Waals surface area contributed by atoms with Gasteiger partial charge >= 0.3 is 24.2 Å². The van der Waals surface area contributed by atoms with Crippen molar-refractivity contribution in [2.75, 3.05) is 28.3 Å². The lowest BCUT2D eigenvalue weighted by molar-refractivity contribution is -0.284. The number of rotatable bonds is 18. The third-order valence-electron chi connectivity index (χ3n) is 8.06. The van der Waals surface area contributed by atoms with Crippen molar-refractivity contribution in [3.63, 3.8) is 0 Å². The van der Waals surface area contributed by atoms with E-state index in [-0.39, 0.29) is 29.5 Å². The molecule has 0 saturated carbocycles. The van der Waals surface area contributed by atoms with Crippen molar-refractivity contribution in [1.29, 1.82) is 0 Å². The molecule has 14 heteroatoms. The highest BCUT2D eigenvalue weighted by molar-refractivity contribution is 7.91. The van der Waals surface area contributed by atoms with Crippen LogP contribution in [0.3, 0.4) is 0 Å². The van der Waals surface area contributed by atoms with Crippen LogP contribution in [-0.2, 0) is 16.0 Å². The summed E-state index contributed by atoms with van der Waals surface area (Å²) in [6.07, 6.45) is -0.975. The first-order valence-electron chi connectivity index (χ1n) is 15.6. The number of nitrogens with zero attached hydrogens (tertiary/aromatic N) is 2. The number of carbonyl (C=O) groups excluding carboxylic acids is 3. The first-order valence-corrected chi connectivity index (χ1v) is 17.0. The second-order valence-corrected chi connectivity index (χ2v) is 13.9. The number of urea groups is 2. The number of imide groups is 1. The molecule has 256 valence electrons. The standard InChI is InChI=1S/C31H47F5N4O4S/c1-6-23(3)37-27(42)38-25-16-15-24(21-22(25)2)40-26(41)29(4,5)39(28(40)43)18-12-10-8-7-9-11-13-19-45(44)20-14-17-30(32,33)31(34,35)36/h15-16,21,23H,6-14,17-20H2,1-5H3,(H2,37,38,42). The Labute approximate surface area is 266 Å². The van der Waals surface area contributed by atoms with E-state index in [1.54, 1.807) is 43.9 Å². The monoisotopic (exact) mass is 666 g/mol. The van der Waals surface area contributed by atoms with Gasteiger partial charge in [-0.3, -0.25) is 4.79 Å². The van der Waals surface area contributed by atoms with Gasteiger partial charge in [0, 0.05) is 24.7 Å². The van der Waals surface area contributed by atoms with E-state index in [1.807, 2.05) is 13.8 Å². The normalized spacial score (nSPS) is 16.7. The van der Waals surface area contributed by atoms with Gasteiger partial charge in [0.05, 0.1) is 5.69 Å². The van der Waals surface area contributed by atoms with Crippen LogP contribution in [0.1, 0.15) is 97.5 Å². The predicted molar refractivity (Wildman–Crippen MR) is 167 cm³/mol. The molecule has 2 N–H and O–H groups in total. The maximum atomic E-state index is 13.4. The summed E-state index contributed by atoms with van der Waals surface area (Å²) in [6.45, 7) is 9.52. The number of hydrogen-bond donors (Lipinski definition) is 2. The summed E-state index contributed by atoms with van der Waals surface area (Å²) in [4.78, 5) is 41.6. The van der Waals surface area contributed by atoms with Gasteiger partial charge in [0.25, 0.3) is 5.91 Å². The van der Waals surface area contributed by atoms with Gasteiger partial charge in [0.1, 0.15) is 17.0 Å². The molecule has 45 heavy (non-hydrogen) atoms. The number of unbranched alkanes of at least 4 members (excludes halogenated alkanes) is 6. The summed E-state index contributed by atoms with van der Waals surface area (Å²) in [7, 11) is 0. The Morgan fingerprint density at radius 3 is 2.13 bits per heavy atom. The van der Waals surface area contributed by atoms with Gasteiger partial charge in [-0.25, -0.2) is 14.5 Å². The van der Waals surface area contributed by atoms with E-state index in [0.29, 0.717) is 36.3 Å². The third kappa shape index (κ3) is 11.0. The minimum Gasteiger partial charge on any atom is -0.616 e. The SMILES string of the molecule is CCC(C)NC(=O)Nc1ccc(N2C(=O)N(CCCCCCCCC[S+]([O-])CCCC(F)(F)C(F)(F)F)C(C)(C)C2=O)cc1C. The Morgan fingerprint density at radius 2 is 1.56 bits per heavy atom. The largest absolute Gasteiger partial charge is 0.616 e. The zero-order valence-corrected chi connectivity index (χ0v) is 27.6. The van der Waals surface area contributed by atoms with Crippen LogP contribution >= 0.6 is 0 Å². The maximum Gasteiger partial charge on any atom is 0.453 e. The number of aryl methyl sites for hydroxylation is 1. The van der Waals surface area contributed by atoms with Crippen molar-refractivity contribution in [3.8, 4) is 0 Å². The number of halogens is 5. The second kappa shape index (κ2) is 16.8. The van der Waals surface area contributed by atoms with Crippen LogP contribution < -0.4 is 15.5 Å². The van der Waals surface area contributed by atoms with Crippen molar-refractivity contribution in [1.82, 2.24) is 10.2 Å². The summed E-state index contributed by atoms with van der Waals surface area (Å²) >= 11 is -1.42. The Bertz CT molecular complexity index is 1150. The van der Waals surface area contributed by atoms with Gasteiger partial charge < -0.3 is 20.1 Å². The fourth-order valence-electron chi connectivity index (χ4n) is 4.97. The van der Waals surface area contributed by atoms with Crippen LogP contribution in [0.25, 0.3) is 0 Å². The summed E-state index contributed by atoms with van der Waals surface area (Å²) in [5, 5.41) is 5.63. The highest BCUT2D eigenvalue weighted by Crippen LogP contribution is 2.39. The van der Waals surface area contributed by atoms with Gasteiger partial charge in [0.2, 0.25) is 0 Å². The molecule has 1 aromatic rings. The zero-order chi connectivity index (χ0) is 34.0.